The molecule has 134 valence electrons. The largest absolute Gasteiger partial charge is 0.352 e. The van der Waals surface area contributed by atoms with Gasteiger partial charge in [0, 0.05) is 37.9 Å². The molecular weight excluding hydrogens is 324 g/mol. The van der Waals surface area contributed by atoms with Gasteiger partial charge in [0.25, 0.3) is 0 Å². The average molecular weight is 348 g/mol. The normalized spacial score (nSPS) is 24.3. The van der Waals surface area contributed by atoms with Gasteiger partial charge >= 0.3 is 0 Å². The van der Waals surface area contributed by atoms with Gasteiger partial charge in [0.2, 0.25) is 5.91 Å². The van der Waals surface area contributed by atoms with E-state index in [0.717, 1.165) is 50.4 Å². The van der Waals surface area contributed by atoms with E-state index in [9.17, 15) is 4.79 Å². The van der Waals surface area contributed by atoms with Crippen molar-refractivity contribution in [2.75, 3.05) is 24.5 Å². The van der Waals surface area contributed by atoms with Gasteiger partial charge in [-0.2, -0.15) is 0 Å². The van der Waals surface area contributed by atoms with Gasteiger partial charge in [0.15, 0.2) is 5.82 Å². The minimum atomic E-state index is -0.201. The molecule has 2 aliphatic heterocycles. The highest BCUT2D eigenvalue weighted by Gasteiger charge is 2.51. The minimum Gasteiger partial charge on any atom is -0.352 e. The fraction of sp³-hybridized carbons (Fsp3) is 0.429. The molecule has 1 spiro atoms. The highest BCUT2D eigenvalue weighted by atomic mass is 16.2. The summed E-state index contributed by atoms with van der Waals surface area (Å²) >= 11 is 0. The molecule has 1 aliphatic carbocycles. The lowest BCUT2D eigenvalue weighted by molar-refractivity contribution is -0.137. The number of nitrogens with zero attached hydrogens (tertiary/aromatic N) is 4. The van der Waals surface area contributed by atoms with Gasteiger partial charge in [-0.3, -0.25) is 4.79 Å². The third-order valence-electron chi connectivity index (χ3n) is 6.35. The van der Waals surface area contributed by atoms with E-state index >= 15 is 0 Å². The first-order valence-electron chi connectivity index (χ1n) is 9.55. The van der Waals surface area contributed by atoms with Crippen molar-refractivity contribution < 1.29 is 4.79 Å². The van der Waals surface area contributed by atoms with Crippen LogP contribution in [0.5, 0.6) is 0 Å². The van der Waals surface area contributed by atoms with E-state index in [1.165, 1.54) is 12.1 Å². The number of hydrogen-bond acceptors (Lipinski definition) is 3. The monoisotopic (exact) mass is 348 g/mol. The molecule has 1 atom stereocenters. The van der Waals surface area contributed by atoms with Crippen LogP contribution in [-0.2, 0) is 10.3 Å². The maximum Gasteiger partial charge on any atom is 0.225 e. The molecule has 0 bridgehead atoms. The van der Waals surface area contributed by atoms with Crippen LogP contribution in [0.1, 0.15) is 31.4 Å². The number of amides is 1. The van der Waals surface area contributed by atoms with Crippen LogP contribution in [0.15, 0.2) is 49.3 Å². The molecule has 2 fully saturated rings. The Hall–Kier alpha value is -2.56. The number of pyridine rings is 1. The minimum absolute atomic E-state index is 0.201. The van der Waals surface area contributed by atoms with Crippen molar-refractivity contribution in [2.24, 2.45) is 5.92 Å². The van der Waals surface area contributed by atoms with E-state index in [4.69, 9.17) is 0 Å². The zero-order valence-electron chi connectivity index (χ0n) is 15.0. The van der Waals surface area contributed by atoms with E-state index in [1.54, 1.807) is 0 Å². The Kier molecular flexibility index (Phi) is 3.45. The Labute approximate surface area is 153 Å². The topological polar surface area (TPSA) is 41.4 Å². The van der Waals surface area contributed by atoms with Crippen molar-refractivity contribution in [3.05, 3.63) is 55.0 Å². The molecule has 1 saturated heterocycles. The zero-order chi connectivity index (χ0) is 17.7. The Morgan fingerprint density at radius 3 is 3.00 bits per heavy atom. The first kappa shape index (κ1) is 15.7. The van der Waals surface area contributed by atoms with Gasteiger partial charge in [-0.25, -0.2) is 4.98 Å². The molecule has 0 radical (unpaired) electrons. The lowest BCUT2D eigenvalue weighted by Gasteiger charge is -2.46. The summed E-state index contributed by atoms with van der Waals surface area (Å²) in [5, 5.41) is 0. The van der Waals surface area contributed by atoms with Crippen LogP contribution < -0.4 is 4.90 Å². The first-order valence-corrected chi connectivity index (χ1v) is 9.55. The molecule has 1 amide bonds. The second kappa shape index (κ2) is 5.73. The summed E-state index contributed by atoms with van der Waals surface area (Å²) in [5.74, 6) is 1.56. The van der Waals surface area contributed by atoms with Crippen molar-refractivity contribution in [2.45, 2.75) is 31.2 Å². The number of carbonyl (C=O) groups is 1. The fourth-order valence-electron chi connectivity index (χ4n) is 4.83. The van der Waals surface area contributed by atoms with Gasteiger partial charge in [-0.05, 0) is 43.5 Å². The number of likely N-dealkylation sites (tertiary alicyclic amines) is 1. The highest BCUT2D eigenvalue weighted by molar-refractivity contribution is 5.80. The van der Waals surface area contributed by atoms with Crippen LogP contribution >= 0.6 is 0 Å². The van der Waals surface area contributed by atoms with E-state index in [2.05, 4.69) is 50.3 Å². The standard InChI is InChI=1S/C21H24N4O/c1-2-12-25-17-8-4-11-22-19(17)24-13-5-9-18(24)21(25)10-14-23(15-21)20(26)16-6-3-7-16/h2,4-5,8-9,11,13,16H,1,3,6-7,10,12,14-15H2/t21-/m1/s1. The van der Waals surface area contributed by atoms with Crippen LogP contribution in [0.25, 0.3) is 5.82 Å². The maximum atomic E-state index is 12.9. The summed E-state index contributed by atoms with van der Waals surface area (Å²) in [7, 11) is 0. The summed E-state index contributed by atoms with van der Waals surface area (Å²) in [5.41, 5.74) is 2.15. The first-order chi connectivity index (χ1) is 12.7. The Balaban J connectivity index is 1.59. The number of fused-ring (bicyclic) bond motifs is 4. The van der Waals surface area contributed by atoms with E-state index < -0.39 is 0 Å². The third-order valence-corrected chi connectivity index (χ3v) is 6.35. The summed E-state index contributed by atoms with van der Waals surface area (Å²) in [6.45, 7) is 6.29. The van der Waals surface area contributed by atoms with Crippen LogP contribution in [0.4, 0.5) is 5.69 Å². The van der Waals surface area contributed by atoms with Gasteiger partial charge in [0.05, 0.1) is 11.4 Å². The molecule has 1 saturated carbocycles. The molecule has 2 aromatic rings. The Morgan fingerprint density at radius 1 is 1.35 bits per heavy atom. The number of carbonyl (C=O) groups excluding carboxylic acids is 1. The van der Waals surface area contributed by atoms with Gasteiger partial charge in [0.1, 0.15) is 5.54 Å². The smallest absolute Gasteiger partial charge is 0.225 e. The molecule has 26 heavy (non-hydrogen) atoms. The predicted molar refractivity (Wildman–Crippen MR) is 101 cm³/mol. The SMILES string of the molecule is C=CCN1c2cccnc2-n2cccc2[C@]12CCN(C(=O)C1CCC1)C2. The summed E-state index contributed by atoms with van der Waals surface area (Å²) in [6.07, 6.45) is 10.1. The van der Waals surface area contributed by atoms with Crippen molar-refractivity contribution in [1.82, 2.24) is 14.5 Å². The quantitative estimate of drug-likeness (QED) is 0.801. The summed E-state index contributed by atoms with van der Waals surface area (Å²) < 4.78 is 2.20. The molecule has 5 heteroatoms. The number of rotatable bonds is 3. The van der Waals surface area contributed by atoms with Gasteiger partial charge < -0.3 is 14.4 Å². The lowest BCUT2D eigenvalue weighted by Crippen LogP contribution is -2.53. The molecule has 0 unspecified atom stereocenters. The van der Waals surface area contributed by atoms with Crippen molar-refractivity contribution in [3.8, 4) is 5.82 Å². The summed E-state index contributed by atoms with van der Waals surface area (Å²) in [4.78, 5) is 22.0. The average Bonchev–Trinajstić information content (AvgIpc) is 3.26. The lowest BCUT2D eigenvalue weighted by atomic mass is 9.84. The molecular formula is C21H24N4O. The second-order valence-corrected chi connectivity index (χ2v) is 7.68. The summed E-state index contributed by atoms with van der Waals surface area (Å²) in [6, 6.07) is 8.39. The van der Waals surface area contributed by atoms with Crippen molar-refractivity contribution in [3.63, 3.8) is 0 Å². The molecule has 2 aromatic heterocycles. The maximum absolute atomic E-state index is 12.9. The van der Waals surface area contributed by atoms with E-state index in [1.807, 2.05) is 18.3 Å². The predicted octanol–water partition coefficient (Wildman–Crippen LogP) is 3.11. The number of anilines is 1. The van der Waals surface area contributed by atoms with E-state index in [-0.39, 0.29) is 11.5 Å². The molecule has 3 aliphatic rings. The third kappa shape index (κ3) is 2.03. The van der Waals surface area contributed by atoms with Gasteiger partial charge in [-0.15, -0.1) is 6.58 Å². The second-order valence-electron chi connectivity index (χ2n) is 7.68. The highest BCUT2D eigenvalue weighted by Crippen LogP contribution is 2.47. The Morgan fingerprint density at radius 2 is 2.23 bits per heavy atom. The van der Waals surface area contributed by atoms with Crippen LogP contribution in [0.2, 0.25) is 0 Å². The van der Waals surface area contributed by atoms with Crippen LogP contribution in [0.3, 0.4) is 0 Å². The van der Waals surface area contributed by atoms with Crippen LogP contribution in [0, 0.1) is 5.92 Å². The zero-order valence-corrected chi connectivity index (χ0v) is 15.0. The molecule has 5 rings (SSSR count). The van der Waals surface area contributed by atoms with Crippen LogP contribution in [-0.4, -0.2) is 40.0 Å². The molecule has 4 heterocycles. The molecule has 0 N–H and O–H groups in total. The Bertz CT molecular complexity index is 868. The molecule has 5 nitrogen and oxygen atoms in total. The van der Waals surface area contributed by atoms with Gasteiger partial charge in [-0.1, -0.05) is 12.5 Å². The fourth-order valence-corrected chi connectivity index (χ4v) is 4.83. The molecule has 0 aromatic carbocycles. The van der Waals surface area contributed by atoms with E-state index in [0.29, 0.717) is 5.91 Å². The number of hydrogen-bond donors (Lipinski definition) is 0. The van der Waals surface area contributed by atoms with Crippen molar-refractivity contribution in [1.29, 1.82) is 0 Å². The number of aromatic nitrogens is 2. The van der Waals surface area contributed by atoms with Crippen molar-refractivity contribution >= 4 is 11.6 Å².